The van der Waals surface area contributed by atoms with Crippen LogP contribution in [0.2, 0.25) is 5.02 Å². The maximum absolute atomic E-state index is 12.0. The number of carbonyl (C=O) groups is 1. The second-order valence-electron chi connectivity index (χ2n) is 5.56. The van der Waals surface area contributed by atoms with Gasteiger partial charge in [0.15, 0.2) is 0 Å². The number of anilines is 2. The van der Waals surface area contributed by atoms with Gasteiger partial charge in [-0.15, -0.1) is 0 Å². The molecule has 0 radical (unpaired) electrons. The molecule has 0 aromatic heterocycles. The van der Waals surface area contributed by atoms with Gasteiger partial charge in [-0.2, -0.15) is 0 Å². The fourth-order valence-corrected chi connectivity index (χ4v) is 2.58. The molecule has 0 spiro atoms. The zero-order chi connectivity index (χ0) is 16.8. The SMILES string of the molecule is O=C(Nc1ccc(Cl)cc1)Nc1cccc(OC[C@H]2CCCO2)c1. The Labute approximate surface area is 145 Å². The quantitative estimate of drug-likeness (QED) is 0.835. The molecule has 2 amide bonds. The summed E-state index contributed by atoms with van der Waals surface area (Å²) in [7, 11) is 0. The smallest absolute Gasteiger partial charge is 0.323 e. The Morgan fingerprint density at radius 2 is 1.96 bits per heavy atom. The number of rotatable bonds is 5. The Kier molecular flexibility index (Phi) is 5.56. The van der Waals surface area contributed by atoms with Crippen molar-refractivity contribution in [1.82, 2.24) is 0 Å². The topological polar surface area (TPSA) is 59.6 Å². The first-order valence-electron chi connectivity index (χ1n) is 7.87. The minimum atomic E-state index is -0.325. The van der Waals surface area contributed by atoms with Crippen molar-refractivity contribution in [2.24, 2.45) is 0 Å². The molecule has 3 rings (SSSR count). The van der Waals surface area contributed by atoms with E-state index < -0.39 is 0 Å². The molecule has 2 aromatic carbocycles. The van der Waals surface area contributed by atoms with Crippen molar-refractivity contribution in [3.8, 4) is 5.75 Å². The van der Waals surface area contributed by atoms with E-state index in [1.54, 1.807) is 36.4 Å². The molecule has 1 saturated heterocycles. The number of hydrogen-bond donors (Lipinski definition) is 2. The number of benzene rings is 2. The van der Waals surface area contributed by atoms with Gasteiger partial charge in [0.2, 0.25) is 0 Å². The van der Waals surface area contributed by atoms with Crippen LogP contribution >= 0.6 is 11.6 Å². The number of carbonyl (C=O) groups excluding carboxylic acids is 1. The lowest BCUT2D eigenvalue weighted by Gasteiger charge is -2.13. The predicted molar refractivity (Wildman–Crippen MR) is 95.0 cm³/mol. The lowest BCUT2D eigenvalue weighted by molar-refractivity contribution is 0.0680. The van der Waals surface area contributed by atoms with E-state index in [-0.39, 0.29) is 12.1 Å². The van der Waals surface area contributed by atoms with Crippen LogP contribution in [0.5, 0.6) is 5.75 Å². The number of halogens is 1. The highest BCUT2D eigenvalue weighted by atomic mass is 35.5. The average molecular weight is 347 g/mol. The first-order chi connectivity index (χ1) is 11.7. The second kappa shape index (κ2) is 8.04. The van der Waals surface area contributed by atoms with E-state index in [0.717, 1.165) is 19.4 Å². The molecule has 126 valence electrons. The maximum Gasteiger partial charge on any atom is 0.323 e. The number of urea groups is 1. The fraction of sp³-hybridized carbons (Fsp3) is 0.278. The number of nitrogens with one attached hydrogen (secondary N) is 2. The van der Waals surface area contributed by atoms with Crippen LogP contribution < -0.4 is 15.4 Å². The summed E-state index contributed by atoms with van der Waals surface area (Å²) in [6, 6.07) is 13.9. The first-order valence-corrected chi connectivity index (χ1v) is 8.25. The van der Waals surface area contributed by atoms with E-state index in [4.69, 9.17) is 21.1 Å². The van der Waals surface area contributed by atoms with Crippen LogP contribution in [0.3, 0.4) is 0 Å². The van der Waals surface area contributed by atoms with Gasteiger partial charge in [0.05, 0.1) is 6.10 Å². The molecule has 1 aliphatic heterocycles. The molecule has 0 bridgehead atoms. The van der Waals surface area contributed by atoms with E-state index in [1.807, 2.05) is 12.1 Å². The summed E-state index contributed by atoms with van der Waals surface area (Å²) < 4.78 is 11.3. The van der Waals surface area contributed by atoms with Gasteiger partial charge in [-0.05, 0) is 49.2 Å². The summed E-state index contributed by atoms with van der Waals surface area (Å²) in [4.78, 5) is 12.0. The number of hydrogen-bond acceptors (Lipinski definition) is 3. The van der Waals surface area contributed by atoms with E-state index >= 15 is 0 Å². The summed E-state index contributed by atoms with van der Waals surface area (Å²) in [5, 5.41) is 6.15. The van der Waals surface area contributed by atoms with Crippen molar-refractivity contribution in [1.29, 1.82) is 0 Å². The van der Waals surface area contributed by atoms with E-state index in [1.165, 1.54) is 0 Å². The summed E-state index contributed by atoms with van der Waals surface area (Å²) in [6.45, 7) is 1.33. The van der Waals surface area contributed by atoms with Gasteiger partial charge in [0.1, 0.15) is 12.4 Å². The van der Waals surface area contributed by atoms with Gasteiger partial charge >= 0.3 is 6.03 Å². The molecule has 0 aliphatic carbocycles. The van der Waals surface area contributed by atoms with Crippen molar-refractivity contribution >= 4 is 29.0 Å². The minimum Gasteiger partial charge on any atom is -0.491 e. The molecule has 0 unspecified atom stereocenters. The van der Waals surface area contributed by atoms with Gasteiger partial charge in [-0.3, -0.25) is 0 Å². The van der Waals surface area contributed by atoms with E-state index in [9.17, 15) is 4.79 Å². The zero-order valence-electron chi connectivity index (χ0n) is 13.1. The lowest BCUT2D eigenvalue weighted by atomic mass is 10.2. The van der Waals surface area contributed by atoms with Gasteiger partial charge < -0.3 is 20.1 Å². The van der Waals surface area contributed by atoms with Crippen LogP contribution in [0, 0.1) is 0 Å². The average Bonchev–Trinajstić information content (AvgIpc) is 3.09. The highest BCUT2D eigenvalue weighted by Gasteiger charge is 2.16. The van der Waals surface area contributed by atoms with E-state index in [2.05, 4.69) is 10.6 Å². The van der Waals surface area contributed by atoms with Crippen LogP contribution in [-0.4, -0.2) is 25.3 Å². The Morgan fingerprint density at radius 1 is 1.17 bits per heavy atom. The molecule has 24 heavy (non-hydrogen) atoms. The first kappa shape index (κ1) is 16.6. The molecule has 1 fully saturated rings. The van der Waals surface area contributed by atoms with Gasteiger partial charge in [0, 0.05) is 29.1 Å². The van der Waals surface area contributed by atoms with Crippen LogP contribution in [0.25, 0.3) is 0 Å². The molecule has 5 nitrogen and oxygen atoms in total. The molecule has 0 saturated carbocycles. The van der Waals surface area contributed by atoms with Crippen molar-refractivity contribution < 1.29 is 14.3 Å². The largest absolute Gasteiger partial charge is 0.491 e. The molecular weight excluding hydrogens is 328 g/mol. The van der Waals surface area contributed by atoms with Gasteiger partial charge in [-0.25, -0.2) is 4.79 Å². The van der Waals surface area contributed by atoms with Crippen molar-refractivity contribution in [2.75, 3.05) is 23.8 Å². The Balaban J connectivity index is 1.53. The van der Waals surface area contributed by atoms with Crippen LogP contribution in [-0.2, 0) is 4.74 Å². The standard InChI is InChI=1S/C18H19ClN2O3/c19-13-6-8-14(9-7-13)20-18(22)21-15-3-1-4-16(11-15)24-12-17-5-2-10-23-17/h1,3-4,6-9,11,17H,2,5,10,12H2,(H2,20,21,22)/t17-/m1/s1. The second-order valence-corrected chi connectivity index (χ2v) is 6.00. The van der Waals surface area contributed by atoms with Crippen molar-refractivity contribution in [3.63, 3.8) is 0 Å². The number of amides is 2. The highest BCUT2D eigenvalue weighted by Crippen LogP contribution is 2.20. The molecule has 1 atom stereocenters. The summed E-state index contributed by atoms with van der Waals surface area (Å²) >= 11 is 5.82. The normalized spacial score (nSPS) is 16.6. The van der Waals surface area contributed by atoms with Crippen LogP contribution in [0.4, 0.5) is 16.2 Å². The lowest BCUT2D eigenvalue weighted by Crippen LogP contribution is -2.19. The summed E-state index contributed by atoms with van der Waals surface area (Å²) in [5.41, 5.74) is 1.33. The predicted octanol–water partition coefficient (Wildman–Crippen LogP) is 4.54. The van der Waals surface area contributed by atoms with Gasteiger partial charge in [0.25, 0.3) is 0 Å². The summed E-state index contributed by atoms with van der Waals surface area (Å²) in [5.74, 6) is 0.704. The third-order valence-corrected chi connectivity index (χ3v) is 3.91. The molecular formula is C18H19ClN2O3. The Morgan fingerprint density at radius 3 is 2.71 bits per heavy atom. The Hall–Kier alpha value is -2.24. The van der Waals surface area contributed by atoms with Gasteiger partial charge in [-0.1, -0.05) is 17.7 Å². The Bertz CT molecular complexity index is 685. The number of ether oxygens (including phenoxy) is 2. The van der Waals surface area contributed by atoms with E-state index in [0.29, 0.717) is 28.8 Å². The molecule has 2 aromatic rings. The van der Waals surface area contributed by atoms with Crippen LogP contribution in [0.15, 0.2) is 48.5 Å². The monoisotopic (exact) mass is 346 g/mol. The maximum atomic E-state index is 12.0. The highest BCUT2D eigenvalue weighted by molar-refractivity contribution is 6.30. The van der Waals surface area contributed by atoms with Crippen molar-refractivity contribution in [3.05, 3.63) is 53.6 Å². The minimum absolute atomic E-state index is 0.162. The van der Waals surface area contributed by atoms with Crippen LogP contribution in [0.1, 0.15) is 12.8 Å². The third kappa shape index (κ3) is 4.88. The summed E-state index contributed by atoms with van der Waals surface area (Å²) in [6.07, 6.45) is 2.27. The zero-order valence-corrected chi connectivity index (χ0v) is 13.9. The molecule has 2 N–H and O–H groups in total. The molecule has 1 aliphatic rings. The molecule has 1 heterocycles. The van der Waals surface area contributed by atoms with Crippen molar-refractivity contribution in [2.45, 2.75) is 18.9 Å². The molecule has 6 heteroatoms. The fourth-order valence-electron chi connectivity index (χ4n) is 2.46. The third-order valence-electron chi connectivity index (χ3n) is 3.65.